The Hall–Kier alpha value is -2.92. The predicted molar refractivity (Wildman–Crippen MR) is 118 cm³/mol. The number of rotatable bonds is 7. The number of methoxy groups -OCH3 is 1. The Balaban J connectivity index is 0. The second-order valence-electron chi connectivity index (χ2n) is 6.03. The fraction of sp³-hybridized carbons (Fsp3) is 0.304. The molecule has 28 heavy (non-hydrogen) atoms. The van der Waals surface area contributed by atoms with Crippen molar-refractivity contribution >= 4 is 24.1 Å². The Morgan fingerprint density at radius 2 is 1.39 bits per heavy atom. The number of carbonyl (C=O) groups is 2. The van der Waals surface area contributed by atoms with Crippen molar-refractivity contribution in [3.63, 3.8) is 0 Å². The van der Waals surface area contributed by atoms with E-state index in [2.05, 4.69) is 31.1 Å². The Morgan fingerprint density at radius 3 is 1.64 bits per heavy atom. The molecule has 0 aliphatic carbocycles. The molecule has 0 spiro atoms. The summed E-state index contributed by atoms with van der Waals surface area (Å²) >= 11 is 0. The van der Waals surface area contributed by atoms with Crippen molar-refractivity contribution in [1.29, 1.82) is 0 Å². The van der Waals surface area contributed by atoms with Crippen LogP contribution in [-0.2, 0) is 19.1 Å². The molecule has 0 saturated carbocycles. The first-order valence-corrected chi connectivity index (χ1v) is 8.65. The number of carbonyl (C=O) groups excluding carboxylic acids is 2. The van der Waals surface area contributed by atoms with Crippen molar-refractivity contribution in [3.05, 3.63) is 72.9 Å². The molecule has 5 heteroatoms. The number of hydrogen-bond acceptors (Lipinski definition) is 5. The van der Waals surface area contributed by atoms with Crippen LogP contribution in [0.15, 0.2) is 61.7 Å². The minimum absolute atomic E-state index is 0.313. The van der Waals surface area contributed by atoms with Gasteiger partial charge in [-0.15, -0.1) is 0 Å². The van der Waals surface area contributed by atoms with Gasteiger partial charge in [-0.3, -0.25) is 0 Å². The molecule has 1 aromatic carbocycles. The van der Waals surface area contributed by atoms with Crippen LogP contribution in [0.5, 0.6) is 0 Å². The van der Waals surface area contributed by atoms with Gasteiger partial charge in [0.25, 0.3) is 0 Å². The topological polar surface area (TPSA) is 55.8 Å². The van der Waals surface area contributed by atoms with Gasteiger partial charge < -0.3 is 14.4 Å². The summed E-state index contributed by atoms with van der Waals surface area (Å²) < 4.78 is 9.11. The lowest BCUT2D eigenvalue weighted by atomic mass is 10.1. The zero-order valence-electron chi connectivity index (χ0n) is 17.8. The third kappa shape index (κ3) is 14.3. The second kappa shape index (κ2) is 16.3. The highest BCUT2D eigenvalue weighted by Crippen LogP contribution is 2.10. The standard InChI is InChI=1S/C10H10.C8H15NO2.C5H8O2/c1-3-9-7-5-6-8-10(9)4-2;1-7(2)8(10)11-6-5-9(3)4;1-4(2)5(6)7-3/h3-8H,1-2H2;1,5-6H2,2-4H3;1H2,2-3H3. The molecule has 0 N–H and O–H groups in total. The van der Waals surface area contributed by atoms with E-state index in [1.165, 1.54) is 7.11 Å². The third-order valence-electron chi connectivity index (χ3n) is 3.09. The highest BCUT2D eigenvalue weighted by Gasteiger charge is 2.01. The van der Waals surface area contributed by atoms with Gasteiger partial charge in [0.1, 0.15) is 6.61 Å². The van der Waals surface area contributed by atoms with E-state index in [1.54, 1.807) is 13.8 Å². The molecule has 1 rings (SSSR count). The average molecular weight is 388 g/mol. The van der Waals surface area contributed by atoms with Crippen molar-refractivity contribution in [1.82, 2.24) is 4.90 Å². The van der Waals surface area contributed by atoms with Gasteiger partial charge in [0.05, 0.1) is 7.11 Å². The molecule has 154 valence electrons. The molecule has 0 heterocycles. The Morgan fingerprint density at radius 1 is 0.964 bits per heavy atom. The van der Waals surface area contributed by atoms with E-state index < -0.39 is 0 Å². The van der Waals surface area contributed by atoms with Gasteiger partial charge in [-0.05, 0) is 39.1 Å². The highest BCUT2D eigenvalue weighted by molar-refractivity contribution is 5.87. The Bertz CT molecular complexity index is 648. The third-order valence-corrected chi connectivity index (χ3v) is 3.09. The SMILES string of the molecule is C=C(C)C(=O)OC.C=C(C)C(=O)OCCN(C)C.C=Cc1ccccc1C=C. The van der Waals surface area contributed by atoms with Crippen LogP contribution in [-0.4, -0.2) is 51.2 Å². The van der Waals surface area contributed by atoms with E-state index in [0.717, 1.165) is 17.7 Å². The van der Waals surface area contributed by atoms with E-state index in [1.807, 2.05) is 55.4 Å². The molecule has 0 bridgehead atoms. The molecule has 0 fully saturated rings. The van der Waals surface area contributed by atoms with Gasteiger partial charge in [-0.25, -0.2) is 9.59 Å². The minimum atomic E-state index is -0.347. The van der Waals surface area contributed by atoms with Gasteiger partial charge in [-0.2, -0.15) is 0 Å². The van der Waals surface area contributed by atoms with Crippen molar-refractivity contribution in [3.8, 4) is 0 Å². The number of benzene rings is 1. The lowest BCUT2D eigenvalue weighted by Gasteiger charge is -2.09. The first-order valence-electron chi connectivity index (χ1n) is 8.65. The van der Waals surface area contributed by atoms with Gasteiger partial charge in [0.15, 0.2) is 0 Å². The number of nitrogens with zero attached hydrogens (tertiary/aromatic N) is 1. The number of hydrogen-bond donors (Lipinski definition) is 0. The van der Waals surface area contributed by atoms with Crippen molar-refractivity contribution in [2.45, 2.75) is 13.8 Å². The van der Waals surface area contributed by atoms with Gasteiger partial charge in [0, 0.05) is 17.7 Å². The first kappa shape index (κ1) is 27.3. The van der Waals surface area contributed by atoms with Crippen LogP contribution >= 0.6 is 0 Å². The summed E-state index contributed by atoms with van der Waals surface area (Å²) in [6.07, 6.45) is 3.66. The molecule has 0 unspecified atom stereocenters. The summed E-state index contributed by atoms with van der Waals surface area (Å²) in [5.41, 5.74) is 3.15. The van der Waals surface area contributed by atoms with Crippen LogP contribution in [0, 0.1) is 0 Å². The average Bonchev–Trinajstić information content (AvgIpc) is 2.67. The molecule has 0 amide bonds. The largest absolute Gasteiger partial charge is 0.466 e. The van der Waals surface area contributed by atoms with E-state index >= 15 is 0 Å². The second-order valence-corrected chi connectivity index (χ2v) is 6.03. The first-order chi connectivity index (χ1) is 13.1. The quantitative estimate of drug-likeness (QED) is 0.513. The van der Waals surface area contributed by atoms with Crippen LogP contribution in [0.1, 0.15) is 25.0 Å². The fourth-order valence-corrected chi connectivity index (χ4v) is 1.50. The van der Waals surface area contributed by atoms with Crippen molar-refractivity contribution in [2.75, 3.05) is 34.4 Å². The lowest BCUT2D eigenvalue weighted by molar-refractivity contribution is -0.139. The number of likely N-dealkylation sites (N-methyl/N-ethyl adjacent to an activating group) is 1. The van der Waals surface area contributed by atoms with E-state index in [-0.39, 0.29) is 11.9 Å². The van der Waals surface area contributed by atoms with E-state index in [4.69, 9.17) is 4.74 Å². The number of ether oxygens (including phenoxy) is 2. The fourth-order valence-electron chi connectivity index (χ4n) is 1.50. The summed E-state index contributed by atoms with van der Waals surface area (Å²) in [4.78, 5) is 22.9. The Kier molecular flexibility index (Phi) is 15.9. The Labute approximate surface area is 169 Å². The number of esters is 2. The highest BCUT2D eigenvalue weighted by atomic mass is 16.5. The van der Waals surface area contributed by atoms with Gasteiger partial charge in [0.2, 0.25) is 0 Å². The molecular formula is C23H33NO4. The monoisotopic (exact) mass is 387 g/mol. The molecule has 0 atom stereocenters. The summed E-state index contributed by atoms with van der Waals surface area (Å²) in [5.74, 6) is -0.660. The van der Waals surface area contributed by atoms with Crippen LogP contribution in [0.4, 0.5) is 0 Å². The smallest absolute Gasteiger partial charge is 0.333 e. The molecule has 1 aromatic rings. The molecular weight excluding hydrogens is 354 g/mol. The molecule has 0 saturated heterocycles. The van der Waals surface area contributed by atoms with Gasteiger partial charge in [-0.1, -0.05) is 62.7 Å². The molecule has 0 aliphatic rings. The van der Waals surface area contributed by atoms with Crippen LogP contribution < -0.4 is 0 Å². The summed E-state index contributed by atoms with van der Waals surface area (Å²) in [6, 6.07) is 8.02. The molecule has 5 nitrogen and oxygen atoms in total. The van der Waals surface area contributed by atoms with E-state index in [0.29, 0.717) is 17.8 Å². The van der Waals surface area contributed by atoms with Crippen LogP contribution in [0.3, 0.4) is 0 Å². The maximum Gasteiger partial charge on any atom is 0.333 e. The molecule has 0 radical (unpaired) electrons. The van der Waals surface area contributed by atoms with E-state index in [9.17, 15) is 9.59 Å². The lowest BCUT2D eigenvalue weighted by Crippen LogP contribution is -2.20. The van der Waals surface area contributed by atoms with Crippen molar-refractivity contribution < 1.29 is 19.1 Å². The zero-order valence-corrected chi connectivity index (χ0v) is 17.8. The molecule has 0 aliphatic heterocycles. The summed E-state index contributed by atoms with van der Waals surface area (Å²) in [5, 5.41) is 0. The summed E-state index contributed by atoms with van der Waals surface area (Å²) in [7, 11) is 5.18. The van der Waals surface area contributed by atoms with Crippen LogP contribution in [0.25, 0.3) is 12.2 Å². The van der Waals surface area contributed by atoms with Crippen LogP contribution in [0.2, 0.25) is 0 Å². The van der Waals surface area contributed by atoms with Gasteiger partial charge >= 0.3 is 11.9 Å². The normalized spacial score (nSPS) is 8.93. The molecule has 0 aromatic heterocycles. The maximum absolute atomic E-state index is 10.8. The van der Waals surface area contributed by atoms with Crippen molar-refractivity contribution in [2.24, 2.45) is 0 Å². The maximum atomic E-state index is 10.8. The predicted octanol–water partition coefficient (Wildman–Crippen LogP) is 4.38. The minimum Gasteiger partial charge on any atom is -0.466 e. The summed E-state index contributed by atoms with van der Waals surface area (Å²) in [6.45, 7) is 18.6. The zero-order chi connectivity index (χ0) is 22.1.